The number of anilines is 1. The maximum atomic E-state index is 12.3. The summed E-state index contributed by atoms with van der Waals surface area (Å²) >= 11 is 0. The zero-order valence-electron chi connectivity index (χ0n) is 13.0. The zero-order chi connectivity index (χ0) is 14.9. The molecule has 0 saturated heterocycles. The first-order valence-electron chi connectivity index (χ1n) is 7.88. The molecule has 3 rings (SSSR count). The molecule has 2 aliphatic rings. The molecular formula is C17H25N3O. The van der Waals surface area contributed by atoms with Crippen LogP contribution in [0.3, 0.4) is 0 Å². The summed E-state index contributed by atoms with van der Waals surface area (Å²) in [6.45, 7) is 1.65. The SMILES string of the molecule is CN(C)C1(CNC(=O)CC2CNc3ccccc32)CCC1. The molecule has 2 N–H and O–H groups in total. The number of hydrogen-bond donors (Lipinski definition) is 2. The standard InChI is InChI=1S/C17H25N3O/c1-20(2)17(8-5-9-17)12-19-16(21)10-13-11-18-15-7-4-3-6-14(13)15/h3-4,6-7,13,18H,5,8-12H2,1-2H3,(H,19,21). The Kier molecular flexibility index (Phi) is 3.89. The fourth-order valence-corrected chi connectivity index (χ4v) is 3.47. The van der Waals surface area contributed by atoms with Gasteiger partial charge in [-0.2, -0.15) is 0 Å². The number of hydrogen-bond acceptors (Lipinski definition) is 3. The molecule has 1 aromatic rings. The van der Waals surface area contributed by atoms with Crippen molar-refractivity contribution in [2.45, 2.75) is 37.1 Å². The van der Waals surface area contributed by atoms with Gasteiger partial charge in [-0.1, -0.05) is 18.2 Å². The van der Waals surface area contributed by atoms with E-state index in [1.165, 1.54) is 30.5 Å². The van der Waals surface area contributed by atoms with E-state index in [0.717, 1.165) is 13.1 Å². The number of para-hydroxylation sites is 1. The summed E-state index contributed by atoms with van der Waals surface area (Å²) < 4.78 is 0. The number of likely N-dealkylation sites (N-methyl/N-ethyl adjacent to an activating group) is 1. The van der Waals surface area contributed by atoms with E-state index in [0.29, 0.717) is 12.3 Å². The molecule has 1 saturated carbocycles. The topological polar surface area (TPSA) is 44.4 Å². The minimum Gasteiger partial charge on any atom is -0.384 e. The average molecular weight is 287 g/mol. The normalized spacial score (nSPS) is 22.3. The second-order valence-corrected chi connectivity index (χ2v) is 6.62. The molecule has 1 aliphatic carbocycles. The number of carbonyl (C=O) groups excluding carboxylic acids is 1. The van der Waals surface area contributed by atoms with Crippen LogP contribution in [0.1, 0.15) is 37.2 Å². The summed E-state index contributed by atoms with van der Waals surface area (Å²) in [7, 11) is 4.23. The Labute approximate surface area is 126 Å². The Morgan fingerprint density at radius 1 is 1.38 bits per heavy atom. The van der Waals surface area contributed by atoms with Crippen LogP contribution in [-0.2, 0) is 4.79 Å². The van der Waals surface area contributed by atoms with E-state index in [-0.39, 0.29) is 11.4 Å². The highest BCUT2D eigenvalue weighted by Crippen LogP contribution is 2.36. The number of nitrogens with one attached hydrogen (secondary N) is 2. The minimum atomic E-state index is 0.173. The molecule has 21 heavy (non-hydrogen) atoms. The Hall–Kier alpha value is -1.55. The average Bonchev–Trinajstić information content (AvgIpc) is 2.81. The quantitative estimate of drug-likeness (QED) is 0.872. The third kappa shape index (κ3) is 2.77. The van der Waals surface area contributed by atoms with Crippen molar-refractivity contribution in [3.63, 3.8) is 0 Å². The molecule has 1 atom stereocenters. The fraction of sp³-hybridized carbons (Fsp3) is 0.588. The summed E-state index contributed by atoms with van der Waals surface area (Å²) in [5.41, 5.74) is 2.65. The van der Waals surface area contributed by atoms with E-state index in [1.54, 1.807) is 0 Å². The number of rotatable bonds is 5. The number of benzene rings is 1. The monoisotopic (exact) mass is 287 g/mol. The Morgan fingerprint density at radius 2 is 2.14 bits per heavy atom. The number of carbonyl (C=O) groups is 1. The molecule has 1 amide bonds. The van der Waals surface area contributed by atoms with Crippen molar-refractivity contribution in [2.24, 2.45) is 0 Å². The van der Waals surface area contributed by atoms with Gasteiger partial charge in [0.2, 0.25) is 5.91 Å². The van der Waals surface area contributed by atoms with Crippen LogP contribution in [0.25, 0.3) is 0 Å². The van der Waals surface area contributed by atoms with Gasteiger partial charge in [0.25, 0.3) is 0 Å². The van der Waals surface area contributed by atoms with Gasteiger partial charge in [-0.05, 0) is 45.0 Å². The van der Waals surface area contributed by atoms with E-state index in [4.69, 9.17) is 0 Å². The lowest BCUT2D eigenvalue weighted by Crippen LogP contribution is -2.57. The van der Waals surface area contributed by atoms with Crippen LogP contribution in [-0.4, -0.2) is 43.5 Å². The van der Waals surface area contributed by atoms with Crippen molar-refractivity contribution in [3.05, 3.63) is 29.8 Å². The lowest BCUT2D eigenvalue weighted by molar-refractivity contribution is -0.122. The molecule has 4 heteroatoms. The van der Waals surface area contributed by atoms with Gasteiger partial charge < -0.3 is 15.5 Å². The van der Waals surface area contributed by atoms with Gasteiger partial charge in [-0.3, -0.25) is 4.79 Å². The fourth-order valence-electron chi connectivity index (χ4n) is 3.47. The van der Waals surface area contributed by atoms with Crippen LogP contribution in [0, 0.1) is 0 Å². The second-order valence-electron chi connectivity index (χ2n) is 6.62. The molecular weight excluding hydrogens is 262 g/mol. The van der Waals surface area contributed by atoms with Crippen LogP contribution >= 0.6 is 0 Å². The summed E-state index contributed by atoms with van der Waals surface area (Å²) in [5.74, 6) is 0.476. The van der Waals surface area contributed by atoms with Gasteiger partial charge in [0.1, 0.15) is 0 Å². The van der Waals surface area contributed by atoms with Gasteiger partial charge in [0.05, 0.1) is 0 Å². The molecule has 0 aromatic heterocycles. The largest absolute Gasteiger partial charge is 0.384 e. The van der Waals surface area contributed by atoms with Gasteiger partial charge in [0, 0.05) is 36.7 Å². The molecule has 1 fully saturated rings. The van der Waals surface area contributed by atoms with Gasteiger partial charge in [0.15, 0.2) is 0 Å². The Bertz CT molecular complexity index is 523. The van der Waals surface area contributed by atoms with Crippen molar-refractivity contribution >= 4 is 11.6 Å². The van der Waals surface area contributed by atoms with E-state index in [2.05, 4.69) is 41.8 Å². The Morgan fingerprint density at radius 3 is 2.81 bits per heavy atom. The van der Waals surface area contributed by atoms with Crippen molar-refractivity contribution < 1.29 is 4.79 Å². The summed E-state index contributed by atoms with van der Waals surface area (Å²) in [4.78, 5) is 14.5. The lowest BCUT2D eigenvalue weighted by Gasteiger charge is -2.47. The minimum absolute atomic E-state index is 0.173. The Balaban J connectivity index is 1.54. The molecule has 1 aliphatic heterocycles. The highest BCUT2D eigenvalue weighted by Gasteiger charge is 2.39. The van der Waals surface area contributed by atoms with Crippen molar-refractivity contribution in [2.75, 3.05) is 32.5 Å². The summed E-state index contributed by atoms with van der Waals surface area (Å²) in [6.07, 6.45) is 4.23. The molecule has 114 valence electrons. The maximum absolute atomic E-state index is 12.3. The second kappa shape index (κ2) is 5.68. The highest BCUT2D eigenvalue weighted by molar-refractivity contribution is 5.78. The predicted molar refractivity (Wildman–Crippen MR) is 85.6 cm³/mol. The molecule has 1 aromatic carbocycles. The van der Waals surface area contributed by atoms with Crippen LogP contribution < -0.4 is 10.6 Å². The summed E-state index contributed by atoms with van der Waals surface area (Å²) in [6, 6.07) is 8.29. The van der Waals surface area contributed by atoms with Crippen LogP contribution in [0.2, 0.25) is 0 Å². The predicted octanol–water partition coefficient (Wildman–Crippen LogP) is 2.19. The van der Waals surface area contributed by atoms with Crippen LogP contribution in [0.4, 0.5) is 5.69 Å². The first-order chi connectivity index (χ1) is 10.1. The van der Waals surface area contributed by atoms with E-state index >= 15 is 0 Å². The first kappa shape index (κ1) is 14.4. The molecule has 4 nitrogen and oxygen atoms in total. The number of amides is 1. The van der Waals surface area contributed by atoms with Crippen LogP contribution in [0.5, 0.6) is 0 Å². The van der Waals surface area contributed by atoms with Crippen molar-refractivity contribution in [1.29, 1.82) is 0 Å². The zero-order valence-corrected chi connectivity index (χ0v) is 13.0. The van der Waals surface area contributed by atoms with E-state index in [1.807, 2.05) is 12.1 Å². The molecule has 0 bridgehead atoms. The van der Waals surface area contributed by atoms with Gasteiger partial charge in [-0.15, -0.1) is 0 Å². The third-order valence-electron chi connectivity index (χ3n) is 5.22. The first-order valence-corrected chi connectivity index (χ1v) is 7.88. The molecule has 1 unspecified atom stereocenters. The van der Waals surface area contributed by atoms with Crippen molar-refractivity contribution in [1.82, 2.24) is 10.2 Å². The molecule has 1 heterocycles. The maximum Gasteiger partial charge on any atom is 0.220 e. The van der Waals surface area contributed by atoms with Crippen LogP contribution in [0.15, 0.2) is 24.3 Å². The highest BCUT2D eigenvalue weighted by atomic mass is 16.1. The van der Waals surface area contributed by atoms with E-state index in [9.17, 15) is 4.79 Å². The van der Waals surface area contributed by atoms with Crippen molar-refractivity contribution in [3.8, 4) is 0 Å². The number of fused-ring (bicyclic) bond motifs is 1. The smallest absolute Gasteiger partial charge is 0.220 e. The summed E-state index contributed by atoms with van der Waals surface area (Å²) in [5, 5.41) is 6.54. The lowest BCUT2D eigenvalue weighted by atomic mass is 9.75. The molecule has 0 radical (unpaired) electrons. The number of nitrogens with zero attached hydrogens (tertiary/aromatic N) is 1. The van der Waals surface area contributed by atoms with Gasteiger partial charge in [-0.25, -0.2) is 0 Å². The van der Waals surface area contributed by atoms with Gasteiger partial charge >= 0.3 is 0 Å². The third-order valence-corrected chi connectivity index (χ3v) is 5.22. The van der Waals surface area contributed by atoms with E-state index < -0.39 is 0 Å². The molecule has 0 spiro atoms.